The third kappa shape index (κ3) is 5.81. The Morgan fingerprint density at radius 3 is 2.46 bits per heavy atom. The number of carbonyl (C=O) groups is 2. The first-order valence-corrected chi connectivity index (χ1v) is 10.1. The van der Waals surface area contributed by atoms with Crippen LogP contribution < -0.4 is 15.5 Å². The molecule has 0 spiro atoms. The smallest absolute Gasteiger partial charge is 0.279 e. The highest BCUT2D eigenvalue weighted by molar-refractivity contribution is 6.30. The number of anilines is 1. The van der Waals surface area contributed by atoms with Crippen LogP contribution in [0.25, 0.3) is 0 Å². The molecule has 0 saturated heterocycles. The summed E-state index contributed by atoms with van der Waals surface area (Å²) in [5, 5.41) is 6.68. The van der Waals surface area contributed by atoms with Gasteiger partial charge in [0, 0.05) is 16.6 Å². The third-order valence-corrected chi connectivity index (χ3v) is 5.27. The lowest BCUT2D eigenvalue weighted by Crippen LogP contribution is -3.08. The van der Waals surface area contributed by atoms with E-state index in [2.05, 4.69) is 10.6 Å². The van der Waals surface area contributed by atoms with Crippen LogP contribution in [-0.4, -0.2) is 31.4 Å². The predicted molar refractivity (Wildman–Crippen MR) is 112 cm³/mol. The predicted octanol–water partition coefficient (Wildman–Crippen LogP) is 2.67. The third-order valence-electron chi connectivity index (χ3n) is 5.02. The quantitative estimate of drug-likeness (QED) is 0.669. The number of hydrogen-bond acceptors (Lipinski definition) is 2. The van der Waals surface area contributed by atoms with Gasteiger partial charge in [0.2, 0.25) is 0 Å². The molecule has 28 heavy (non-hydrogen) atoms. The zero-order chi connectivity index (χ0) is 19.9. The average Bonchev–Trinajstić information content (AvgIpc) is 3.17. The highest BCUT2D eigenvalue weighted by Crippen LogP contribution is 2.20. The number of nitrogens with one attached hydrogen (secondary N) is 3. The van der Waals surface area contributed by atoms with E-state index in [0.717, 1.165) is 36.1 Å². The van der Waals surface area contributed by atoms with E-state index in [4.69, 9.17) is 11.6 Å². The molecule has 0 aliphatic heterocycles. The number of amides is 2. The van der Waals surface area contributed by atoms with Crippen molar-refractivity contribution in [1.82, 2.24) is 5.32 Å². The van der Waals surface area contributed by atoms with Gasteiger partial charge in [-0.2, -0.15) is 0 Å². The summed E-state index contributed by atoms with van der Waals surface area (Å²) in [5.41, 5.74) is 2.19. The zero-order valence-corrected chi connectivity index (χ0v) is 16.9. The summed E-state index contributed by atoms with van der Waals surface area (Å²) in [6.07, 6.45) is 4.37. The van der Waals surface area contributed by atoms with Gasteiger partial charge in [-0.15, -0.1) is 0 Å². The molecule has 3 N–H and O–H groups in total. The molecule has 3 rings (SSSR count). The Balaban J connectivity index is 1.57. The minimum Gasteiger partial charge on any atom is -0.349 e. The molecular formula is C22H27ClN3O2+. The molecule has 5 nitrogen and oxygen atoms in total. The van der Waals surface area contributed by atoms with Gasteiger partial charge in [0.15, 0.2) is 6.54 Å². The topological polar surface area (TPSA) is 62.6 Å². The van der Waals surface area contributed by atoms with E-state index < -0.39 is 0 Å². The molecule has 1 unspecified atom stereocenters. The molecule has 2 aromatic rings. The SMILES string of the molecule is C[NH+](CC(=O)Nc1ccccc1C(=O)NC1CCCC1)Cc1ccc(Cl)cc1. The lowest BCUT2D eigenvalue weighted by molar-refractivity contribution is -0.885. The van der Waals surface area contributed by atoms with E-state index in [-0.39, 0.29) is 17.9 Å². The Hall–Kier alpha value is -2.37. The minimum atomic E-state index is -0.121. The van der Waals surface area contributed by atoms with Crippen molar-refractivity contribution in [2.45, 2.75) is 38.3 Å². The van der Waals surface area contributed by atoms with Crippen molar-refractivity contribution >= 4 is 29.1 Å². The number of quaternary nitrogens is 1. The van der Waals surface area contributed by atoms with E-state index in [1.165, 1.54) is 0 Å². The molecular weight excluding hydrogens is 374 g/mol. The van der Waals surface area contributed by atoms with Gasteiger partial charge in [-0.25, -0.2) is 0 Å². The number of para-hydroxylation sites is 1. The number of likely N-dealkylation sites (N-methyl/N-ethyl adjacent to an activating group) is 1. The molecule has 6 heteroatoms. The molecule has 2 amide bonds. The van der Waals surface area contributed by atoms with Crippen LogP contribution in [0.3, 0.4) is 0 Å². The molecule has 0 heterocycles. The average molecular weight is 401 g/mol. The second-order valence-electron chi connectivity index (χ2n) is 7.49. The van der Waals surface area contributed by atoms with Gasteiger partial charge in [0.1, 0.15) is 6.54 Å². The first-order valence-electron chi connectivity index (χ1n) is 9.77. The Morgan fingerprint density at radius 1 is 1.07 bits per heavy atom. The Bertz CT molecular complexity index is 817. The number of benzene rings is 2. The van der Waals surface area contributed by atoms with Crippen LogP contribution in [0.1, 0.15) is 41.6 Å². The fourth-order valence-electron chi connectivity index (χ4n) is 3.61. The van der Waals surface area contributed by atoms with E-state index >= 15 is 0 Å². The largest absolute Gasteiger partial charge is 0.349 e. The van der Waals surface area contributed by atoms with E-state index in [0.29, 0.717) is 29.4 Å². The molecule has 1 fully saturated rings. The van der Waals surface area contributed by atoms with Crippen LogP contribution >= 0.6 is 11.6 Å². The monoisotopic (exact) mass is 400 g/mol. The molecule has 1 saturated carbocycles. The molecule has 1 aliphatic rings. The molecule has 148 valence electrons. The van der Waals surface area contributed by atoms with Crippen molar-refractivity contribution < 1.29 is 14.5 Å². The van der Waals surface area contributed by atoms with Crippen LogP contribution in [0.4, 0.5) is 5.69 Å². The Morgan fingerprint density at radius 2 is 1.75 bits per heavy atom. The van der Waals surface area contributed by atoms with E-state index in [9.17, 15) is 9.59 Å². The number of hydrogen-bond donors (Lipinski definition) is 3. The van der Waals surface area contributed by atoms with Crippen molar-refractivity contribution in [2.75, 3.05) is 18.9 Å². The maximum Gasteiger partial charge on any atom is 0.279 e. The highest BCUT2D eigenvalue weighted by Gasteiger charge is 2.20. The van der Waals surface area contributed by atoms with Crippen LogP contribution in [0, 0.1) is 0 Å². The van der Waals surface area contributed by atoms with E-state index in [1.54, 1.807) is 12.1 Å². The minimum absolute atomic E-state index is 0.118. The van der Waals surface area contributed by atoms with E-state index in [1.807, 2.05) is 43.4 Å². The summed E-state index contributed by atoms with van der Waals surface area (Å²) < 4.78 is 0. The normalized spacial score (nSPS) is 15.2. The highest BCUT2D eigenvalue weighted by atomic mass is 35.5. The van der Waals surface area contributed by atoms with Gasteiger partial charge >= 0.3 is 0 Å². The summed E-state index contributed by atoms with van der Waals surface area (Å²) in [5.74, 6) is -0.239. The fraction of sp³-hybridized carbons (Fsp3) is 0.364. The maximum absolute atomic E-state index is 12.6. The summed E-state index contributed by atoms with van der Waals surface area (Å²) in [6.45, 7) is 1.02. The lowest BCUT2D eigenvalue weighted by atomic mass is 10.1. The van der Waals surface area contributed by atoms with Gasteiger partial charge < -0.3 is 15.5 Å². The van der Waals surface area contributed by atoms with Gasteiger partial charge in [0.25, 0.3) is 11.8 Å². The Labute approximate surface area is 171 Å². The summed E-state index contributed by atoms with van der Waals surface area (Å²) >= 11 is 5.91. The zero-order valence-electron chi connectivity index (χ0n) is 16.1. The molecule has 1 aliphatic carbocycles. The van der Waals surface area contributed by atoms with Crippen LogP contribution in [0.2, 0.25) is 5.02 Å². The van der Waals surface area contributed by atoms with Crippen molar-refractivity contribution in [2.24, 2.45) is 0 Å². The molecule has 0 bridgehead atoms. The summed E-state index contributed by atoms with van der Waals surface area (Å²) in [7, 11) is 1.97. The lowest BCUT2D eigenvalue weighted by Gasteiger charge is -2.16. The number of rotatable bonds is 7. The van der Waals surface area contributed by atoms with Crippen molar-refractivity contribution in [1.29, 1.82) is 0 Å². The van der Waals surface area contributed by atoms with Crippen LogP contribution in [-0.2, 0) is 11.3 Å². The first-order chi connectivity index (χ1) is 13.5. The molecule has 2 aromatic carbocycles. The van der Waals surface area contributed by atoms with Gasteiger partial charge in [-0.3, -0.25) is 9.59 Å². The first kappa shape index (κ1) is 20.4. The fourth-order valence-corrected chi connectivity index (χ4v) is 3.73. The maximum atomic E-state index is 12.6. The molecule has 1 atom stereocenters. The van der Waals surface area contributed by atoms with Crippen molar-refractivity contribution in [3.05, 3.63) is 64.7 Å². The van der Waals surface area contributed by atoms with Crippen LogP contribution in [0.15, 0.2) is 48.5 Å². The number of halogens is 1. The number of carbonyl (C=O) groups excluding carboxylic acids is 2. The Kier molecular flexibility index (Phi) is 7.06. The standard InChI is InChI=1S/C22H26ClN3O2/c1-26(14-16-10-12-17(23)13-11-16)15-21(27)25-20-9-5-4-8-19(20)22(28)24-18-6-2-3-7-18/h4-5,8-13,18H,2-3,6-7,14-15H2,1H3,(H,24,28)(H,25,27)/p+1. The van der Waals surface area contributed by atoms with Gasteiger partial charge in [-0.1, -0.05) is 48.7 Å². The van der Waals surface area contributed by atoms with Crippen LogP contribution in [0.5, 0.6) is 0 Å². The van der Waals surface area contributed by atoms with Crippen molar-refractivity contribution in [3.8, 4) is 0 Å². The second-order valence-corrected chi connectivity index (χ2v) is 7.92. The van der Waals surface area contributed by atoms with Gasteiger partial charge in [-0.05, 0) is 37.1 Å². The summed E-state index contributed by atoms with van der Waals surface area (Å²) in [4.78, 5) is 26.2. The molecule has 0 aromatic heterocycles. The van der Waals surface area contributed by atoms with Crippen molar-refractivity contribution in [3.63, 3.8) is 0 Å². The molecule has 0 radical (unpaired) electrons. The summed E-state index contributed by atoms with van der Waals surface area (Å²) in [6, 6.07) is 15.0. The second kappa shape index (κ2) is 9.71. The van der Waals surface area contributed by atoms with Gasteiger partial charge in [0.05, 0.1) is 18.3 Å².